The van der Waals surface area contributed by atoms with Crippen molar-refractivity contribution in [3.05, 3.63) is 41.6 Å². The Hall–Kier alpha value is -2.56. The molecule has 0 aliphatic heterocycles. The number of carbonyl (C=O) groups excluding carboxylic acids is 1. The number of aromatic nitrogens is 1. The van der Waals surface area contributed by atoms with E-state index in [1.807, 2.05) is 19.1 Å². The summed E-state index contributed by atoms with van der Waals surface area (Å²) in [6.07, 6.45) is 2.23. The largest absolute Gasteiger partial charge is 0.507 e. The molecule has 0 saturated heterocycles. The number of carboxylic acid groups (broad SMARTS) is 1. The van der Waals surface area contributed by atoms with Gasteiger partial charge in [0.2, 0.25) is 0 Å². The fourth-order valence-corrected chi connectivity index (χ4v) is 1.72. The Bertz CT molecular complexity index is 667. The number of ketones is 1. The van der Waals surface area contributed by atoms with Crippen molar-refractivity contribution in [1.82, 2.24) is 4.98 Å². The van der Waals surface area contributed by atoms with E-state index in [1.165, 1.54) is 6.20 Å². The molecule has 0 unspecified atom stereocenters. The summed E-state index contributed by atoms with van der Waals surface area (Å²) < 4.78 is 0. The summed E-state index contributed by atoms with van der Waals surface area (Å²) in [5.41, 5.74) is 2.27. The van der Waals surface area contributed by atoms with Gasteiger partial charge >= 0.3 is 5.97 Å². The number of H-pyrrole nitrogens is 1. The lowest BCUT2D eigenvalue weighted by Gasteiger charge is -1.98. The Kier molecular flexibility index (Phi) is 2.89. The number of rotatable bonds is 3. The van der Waals surface area contributed by atoms with Crippen LogP contribution in [-0.2, 0) is 9.59 Å². The van der Waals surface area contributed by atoms with Crippen LogP contribution < -0.4 is 0 Å². The van der Waals surface area contributed by atoms with Gasteiger partial charge in [-0.25, -0.2) is 4.79 Å². The molecule has 0 fully saturated rings. The molecular weight excluding hydrogens is 234 g/mol. The van der Waals surface area contributed by atoms with E-state index in [0.717, 1.165) is 16.5 Å². The van der Waals surface area contributed by atoms with Crippen molar-refractivity contribution in [1.29, 1.82) is 0 Å². The van der Waals surface area contributed by atoms with Gasteiger partial charge < -0.3 is 15.2 Å². The van der Waals surface area contributed by atoms with E-state index in [0.29, 0.717) is 11.6 Å². The molecule has 0 amide bonds. The lowest BCUT2D eigenvalue weighted by atomic mass is 10.1. The number of carbonyl (C=O) groups is 2. The highest BCUT2D eigenvalue weighted by Gasteiger charge is 2.13. The number of hydrogen-bond acceptors (Lipinski definition) is 3. The molecule has 0 atom stereocenters. The summed E-state index contributed by atoms with van der Waals surface area (Å²) in [5.74, 6) is -3.12. The van der Waals surface area contributed by atoms with Crippen molar-refractivity contribution in [2.45, 2.75) is 6.92 Å². The van der Waals surface area contributed by atoms with Crippen LogP contribution in [0.4, 0.5) is 0 Å². The third-order valence-corrected chi connectivity index (χ3v) is 2.59. The molecule has 18 heavy (non-hydrogen) atoms. The van der Waals surface area contributed by atoms with Crippen molar-refractivity contribution in [2.75, 3.05) is 0 Å². The summed E-state index contributed by atoms with van der Waals surface area (Å²) in [7, 11) is 0. The number of aryl methyl sites for hydroxylation is 1. The Labute approximate surface area is 102 Å². The number of aliphatic carboxylic acids is 1. The van der Waals surface area contributed by atoms with Crippen molar-refractivity contribution < 1.29 is 19.8 Å². The monoisotopic (exact) mass is 245 g/mol. The molecule has 1 heterocycles. The van der Waals surface area contributed by atoms with Gasteiger partial charge in [0.1, 0.15) is 5.76 Å². The van der Waals surface area contributed by atoms with Crippen LogP contribution in [0.15, 0.2) is 30.5 Å². The Morgan fingerprint density at radius 2 is 2.00 bits per heavy atom. The van der Waals surface area contributed by atoms with Crippen LogP contribution >= 0.6 is 0 Å². The van der Waals surface area contributed by atoms with E-state index in [1.54, 1.807) is 6.07 Å². The summed E-state index contributed by atoms with van der Waals surface area (Å²) in [4.78, 5) is 24.3. The number of aromatic amines is 1. The number of hydrogen-bond donors (Lipinski definition) is 3. The molecule has 92 valence electrons. The first kappa shape index (κ1) is 11.9. The van der Waals surface area contributed by atoms with E-state index in [4.69, 9.17) is 5.11 Å². The highest BCUT2D eigenvalue weighted by molar-refractivity contribution is 6.38. The van der Waals surface area contributed by atoms with Crippen molar-refractivity contribution >= 4 is 28.4 Å². The van der Waals surface area contributed by atoms with E-state index < -0.39 is 11.8 Å². The molecule has 0 radical (unpaired) electrons. The SMILES string of the molecule is Cc1ccc2c(/C(O)=C/C(=O)C(=O)O)c[nH]c2c1. The minimum Gasteiger partial charge on any atom is -0.507 e. The van der Waals surface area contributed by atoms with Gasteiger partial charge in [0.05, 0.1) is 0 Å². The average Bonchev–Trinajstić information content (AvgIpc) is 2.71. The van der Waals surface area contributed by atoms with Crippen LogP contribution in [0.1, 0.15) is 11.1 Å². The quantitative estimate of drug-likeness (QED) is 0.438. The lowest BCUT2D eigenvalue weighted by Crippen LogP contribution is -2.09. The Morgan fingerprint density at radius 3 is 2.67 bits per heavy atom. The summed E-state index contributed by atoms with van der Waals surface area (Å²) >= 11 is 0. The maximum atomic E-state index is 11.0. The highest BCUT2D eigenvalue weighted by atomic mass is 16.4. The molecule has 5 nitrogen and oxygen atoms in total. The van der Waals surface area contributed by atoms with Crippen molar-refractivity contribution in [3.8, 4) is 0 Å². The molecule has 5 heteroatoms. The maximum absolute atomic E-state index is 11.0. The molecular formula is C13H11NO4. The zero-order valence-electron chi connectivity index (χ0n) is 9.60. The van der Waals surface area contributed by atoms with Gasteiger partial charge in [0.15, 0.2) is 0 Å². The van der Waals surface area contributed by atoms with Gasteiger partial charge in [-0.15, -0.1) is 0 Å². The van der Waals surface area contributed by atoms with E-state index >= 15 is 0 Å². The zero-order chi connectivity index (χ0) is 13.3. The first-order valence-electron chi connectivity index (χ1n) is 5.25. The fraction of sp³-hybridized carbons (Fsp3) is 0.0769. The highest BCUT2D eigenvalue weighted by Crippen LogP contribution is 2.24. The van der Waals surface area contributed by atoms with Crippen LogP contribution in [0, 0.1) is 6.92 Å². The summed E-state index contributed by atoms with van der Waals surface area (Å²) in [6.45, 7) is 1.93. The number of fused-ring (bicyclic) bond motifs is 1. The van der Waals surface area contributed by atoms with E-state index in [-0.39, 0.29) is 5.76 Å². The topological polar surface area (TPSA) is 90.4 Å². The van der Waals surface area contributed by atoms with Crippen molar-refractivity contribution in [3.63, 3.8) is 0 Å². The molecule has 3 N–H and O–H groups in total. The standard InChI is InChI=1S/C13H11NO4/c1-7-2-3-8-9(6-14-10(8)4-7)11(15)5-12(16)13(17)18/h2-6,14-15H,1H3,(H,17,18)/b11-5-. The molecule has 0 saturated carbocycles. The molecule has 1 aromatic heterocycles. The van der Waals surface area contributed by atoms with Crippen LogP contribution in [0.3, 0.4) is 0 Å². The summed E-state index contributed by atoms with van der Waals surface area (Å²) in [5, 5.41) is 18.9. The van der Waals surface area contributed by atoms with Gasteiger partial charge in [-0.2, -0.15) is 0 Å². The predicted octanol–water partition coefficient (Wildman–Crippen LogP) is 2.03. The maximum Gasteiger partial charge on any atom is 0.376 e. The van der Waals surface area contributed by atoms with E-state index in [9.17, 15) is 14.7 Å². The second-order valence-corrected chi connectivity index (χ2v) is 3.95. The molecule has 0 aliphatic rings. The first-order valence-corrected chi connectivity index (χ1v) is 5.25. The number of carboxylic acids is 1. The van der Waals surface area contributed by atoms with Crippen LogP contribution in [0.2, 0.25) is 0 Å². The molecule has 0 aliphatic carbocycles. The van der Waals surface area contributed by atoms with Gasteiger partial charge in [-0.3, -0.25) is 4.79 Å². The Morgan fingerprint density at radius 1 is 1.28 bits per heavy atom. The molecule has 0 bridgehead atoms. The minimum atomic E-state index is -1.60. The molecule has 2 rings (SSSR count). The minimum absolute atomic E-state index is 0.363. The predicted molar refractivity (Wildman–Crippen MR) is 66.3 cm³/mol. The van der Waals surface area contributed by atoms with Crippen LogP contribution in [0.25, 0.3) is 16.7 Å². The second-order valence-electron chi connectivity index (χ2n) is 3.95. The fourth-order valence-electron chi connectivity index (χ4n) is 1.72. The lowest BCUT2D eigenvalue weighted by molar-refractivity contribution is -0.146. The molecule has 1 aromatic carbocycles. The summed E-state index contributed by atoms with van der Waals surface area (Å²) in [6, 6.07) is 5.56. The third-order valence-electron chi connectivity index (χ3n) is 2.59. The van der Waals surface area contributed by atoms with Crippen LogP contribution in [-0.4, -0.2) is 26.9 Å². The molecule has 2 aromatic rings. The van der Waals surface area contributed by atoms with Gasteiger partial charge in [0, 0.05) is 28.7 Å². The first-order chi connectivity index (χ1) is 8.49. The number of benzene rings is 1. The smallest absolute Gasteiger partial charge is 0.376 e. The second kappa shape index (κ2) is 4.37. The van der Waals surface area contributed by atoms with Gasteiger partial charge in [-0.1, -0.05) is 12.1 Å². The van der Waals surface area contributed by atoms with E-state index in [2.05, 4.69) is 4.98 Å². The molecule has 0 spiro atoms. The normalized spacial score (nSPS) is 11.7. The van der Waals surface area contributed by atoms with Crippen LogP contribution in [0.5, 0.6) is 0 Å². The number of nitrogens with one attached hydrogen (secondary N) is 1. The Balaban J connectivity index is 2.49. The number of aliphatic hydroxyl groups is 1. The average molecular weight is 245 g/mol. The number of aliphatic hydroxyl groups excluding tert-OH is 1. The van der Waals surface area contributed by atoms with Gasteiger partial charge in [-0.05, 0) is 18.6 Å². The third kappa shape index (κ3) is 2.10. The van der Waals surface area contributed by atoms with Crippen molar-refractivity contribution in [2.24, 2.45) is 0 Å². The van der Waals surface area contributed by atoms with Gasteiger partial charge in [0.25, 0.3) is 5.78 Å². The zero-order valence-corrected chi connectivity index (χ0v) is 9.60.